The summed E-state index contributed by atoms with van der Waals surface area (Å²) in [6, 6.07) is 6.67. The molecule has 2 fully saturated rings. The molecule has 3 heterocycles. The topological polar surface area (TPSA) is 61.4 Å². The van der Waals surface area contributed by atoms with Crippen molar-refractivity contribution >= 4 is 40.6 Å². The molecule has 0 unspecified atom stereocenters. The summed E-state index contributed by atoms with van der Waals surface area (Å²) in [5.74, 6) is 2.50. The number of thioether (sulfide) groups is 1. The zero-order valence-electron chi connectivity index (χ0n) is 14.2. The Balaban J connectivity index is 1.25. The molecule has 6 nitrogen and oxygen atoms in total. The minimum atomic E-state index is 0.0455. The highest BCUT2D eigenvalue weighted by atomic mass is 32.2. The van der Waals surface area contributed by atoms with Crippen molar-refractivity contribution in [1.82, 2.24) is 23.9 Å². The van der Waals surface area contributed by atoms with E-state index in [1.807, 2.05) is 34.9 Å². The molecule has 4 rings (SSSR count). The zero-order valence-corrected chi connectivity index (χ0v) is 15.8. The van der Waals surface area contributed by atoms with Crippen LogP contribution in [0.5, 0.6) is 0 Å². The van der Waals surface area contributed by atoms with Crippen LogP contribution in [0.25, 0.3) is 11.0 Å². The van der Waals surface area contributed by atoms with E-state index in [0.717, 1.165) is 42.5 Å². The Morgan fingerprint density at radius 2 is 1.88 bits per heavy atom. The standard InChI is InChI=1S/C17H23N5OS2/c23-17(18-12-13-1-2-15-16(11-13)20-25-19-15)22-5-3-14(4-6-22)21-7-9-24-10-8-21/h1-2,11,14H,3-10,12H2,(H,18,23). The van der Waals surface area contributed by atoms with Crippen molar-refractivity contribution in [2.45, 2.75) is 25.4 Å². The normalized spacial score (nSPS) is 20.1. The number of nitrogens with zero attached hydrogens (tertiary/aromatic N) is 4. The molecule has 0 aliphatic carbocycles. The molecule has 2 amide bonds. The summed E-state index contributed by atoms with van der Waals surface area (Å²) in [6.45, 7) is 4.66. The molecule has 0 atom stereocenters. The predicted octanol–water partition coefficient (Wildman–Crippen LogP) is 2.41. The van der Waals surface area contributed by atoms with Gasteiger partial charge in [0.1, 0.15) is 11.0 Å². The Morgan fingerprint density at radius 1 is 1.12 bits per heavy atom. The molecule has 0 bridgehead atoms. The molecule has 2 aromatic rings. The van der Waals surface area contributed by atoms with Gasteiger partial charge in [0.15, 0.2) is 0 Å². The first-order chi connectivity index (χ1) is 12.3. The summed E-state index contributed by atoms with van der Waals surface area (Å²) < 4.78 is 8.45. The Hall–Kier alpha value is -1.38. The maximum Gasteiger partial charge on any atom is 0.317 e. The van der Waals surface area contributed by atoms with Gasteiger partial charge in [-0.2, -0.15) is 20.5 Å². The lowest BCUT2D eigenvalue weighted by atomic mass is 10.0. The number of nitrogens with one attached hydrogen (secondary N) is 1. The summed E-state index contributed by atoms with van der Waals surface area (Å²) in [4.78, 5) is 17.0. The molecule has 25 heavy (non-hydrogen) atoms. The van der Waals surface area contributed by atoms with Crippen LogP contribution in [0.2, 0.25) is 0 Å². The second kappa shape index (κ2) is 7.88. The minimum Gasteiger partial charge on any atom is -0.334 e. The van der Waals surface area contributed by atoms with Gasteiger partial charge in [0.05, 0.1) is 11.7 Å². The van der Waals surface area contributed by atoms with Crippen molar-refractivity contribution in [3.8, 4) is 0 Å². The molecule has 8 heteroatoms. The van der Waals surface area contributed by atoms with E-state index < -0.39 is 0 Å². The van der Waals surface area contributed by atoms with Crippen molar-refractivity contribution in [2.24, 2.45) is 0 Å². The van der Waals surface area contributed by atoms with Gasteiger partial charge in [-0.05, 0) is 30.5 Å². The highest BCUT2D eigenvalue weighted by molar-refractivity contribution is 7.99. The van der Waals surface area contributed by atoms with Crippen LogP contribution in [0, 0.1) is 0 Å². The van der Waals surface area contributed by atoms with Crippen molar-refractivity contribution < 1.29 is 4.79 Å². The van der Waals surface area contributed by atoms with Crippen LogP contribution in [-0.4, -0.2) is 68.3 Å². The number of aromatic nitrogens is 2. The number of fused-ring (bicyclic) bond motifs is 1. The SMILES string of the molecule is O=C(NCc1ccc2nsnc2c1)N1CCC(N2CCSCC2)CC1. The van der Waals surface area contributed by atoms with E-state index in [-0.39, 0.29) is 6.03 Å². The minimum absolute atomic E-state index is 0.0455. The lowest BCUT2D eigenvalue weighted by Gasteiger charge is -2.40. The van der Waals surface area contributed by atoms with Gasteiger partial charge >= 0.3 is 6.03 Å². The molecule has 1 N–H and O–H groups in total. The number of rotatable bonds is 3. The number of carbonyl (C=O) groups is 1. The molecule has 1 aromatic carbocycles. The molecule has 2 aliphatic rings. The van der Waals surface area contributed by atoms with Crippen LogP contribution in [0.1, 0.15) is 18.4 Å². The number of urea groups is 1. The van der Waals surface area contributed by atoms with E-state index in [4.69, 9.17) is 0 Å². The summed E-state index contributed by atoms with van der Waals surface area (Å²) in [6.07, 6.45) is 2.18. The van der Waals surface area contributed by atoms with Gasteiger partial charge < -0.3 is 10.2 Å². The first kappa shape index (κ1) is 17.1. The fourth-order valence-electron chi connectivity index (χ4n) is 3.60. The van der Waals surface area contributed by atoms with E-state index in [1.54, 1.807) is 0 Å². The van der Waals surface area contributed by atoms with Crippen molar-refractivity contribution in [3.63, 3.8) is 0 Å². The van der Waals surface area contributed by atoms with E-state index in [1.165, 1.54) is 36.3 Å². The molecule has 0 saturated carbocycles. The molecule has 0 spiro atoms. The zero-order chi connectivity index (χ0) is 17.1. The number of carbonyl (C=O) groups excluding carboxylic acids is 1. The number of likely N-dealkylation sites (tertiary alicyclic amines) is 1. The van der Waals surface area contributed by atoms with Gasteiger partial charge in [-0.3, -0.25) is 4.90 Å². The van der Waals surface area contributed by atoms with Crippen LogP contribution in [0.4, 0.5) is 4.79 Å². The lowest BCUT2D eigenvalue weighted by molar-refractivity contribution is 0.124. The molecule has 134 valence electrons. The van der Waals surface area contributed by atoms with E-state index >= 15 is 0 Å². The number of hydrogen-bond donors (Lipinski definition) is 1. The van der Waals surface area contributed by atoms with Crippen LogP contribution >= 0.6 is 23.5 Å². The fraction of sp³-hybridized carbons (Fsp3) is 0.588. The third-order valence-electron chi connectivity index (χ3n) is 5.08. The number of benzene rings is 1. The maximum atomic E-state index is 12.4. The van der Waals surface area contributed by atoms with Gasteiger partial charge in [0.25, 0.3) is 0 Å². The molecule has 2 saturated heterocycles. The van der Waals surface area contributed by atoms with Crippen molar-refractivity contribution in [3.05, 3.63) is 23.8 Å². The summed E-state index contributed by atoms with van der Waals surface area (Å²) in [5.41, 5.74) is 2.88. The van der Waals surface area contributed by atoms with Crippen LogP contribution < -0.4 is 5.32 Å². The Kier molecular flexibility index (Phi) is 5.38. The molecular weight excluding hydrogens is 354 g/mol. The van der Waals surface area contributed by atoms with Gasteiger partial charge in [-0.15, -0.1) is 0 Å². The highest BCUT2D eigenvalue weighted by Crippen LogP contribution is 2.20. The quantitative estimate of drug-likeness (QED) is 0.890. The third kappa shape index (κ3) is 4.07. The molecular formula is C17H23N5OS2. The van der Waals surface area contributed by atoms with Crippen LogP contribution in [0.3, 0.4) is 0 Å². The summed E-state index contributed by atoms with van der Waals surface area (Å²) in [5, 5.41) is 3.05. The first-order valence-corrected chi connectivity index (χ1v) is 10.7. The average Bonchev–Trinajstić information content (AvgIpc) is 3.15. The Bertz CT molecular complexity index is 723. The Labute approximate surface area is 156 Å². The van der Waals surface area contributed by atoms with Gasteiger partial charge in [0, 0.05) is 50.3 Å². The third-order valence-corrected chi connectivity index (χ3v) is 6.57. The van der Waals surface area contributed by atoms with Crippen LogP contribution in [-0.2, 0) is 6.54 Å². The predicted molar refractivity (Wildman–Crippen MR) is 103 cm³/mol. The monoisotopic (exact) mass is 377 g/mol. The van der Waals surface area contributed by atoms with Gasteiger partial charge in [0.2, 0.25) is 0 Å². The van der Waals surface area contributed by atoms with Crippen LogP contribution in [0.15, 0.2) is 18.2 Å². The van der Waals surface area contributed by atoms with Crippen molar-refractivity contribution in [2.75, 3.05) is 37.7 Å². The van der Waals surface area contributed by atoms with E-state index in [0.29, 0.717) is 12.6 Å². The van der Waals surface area contributed by atoms with E-state index in [2.05, 4.69) is 19.0 Å². The number of piperidine rings is 1. The molecule has 1 aromatic heterocycles. The largest absolute Gasteiger partial charge is 0.334 e. The Morgan fingerprint density at radius 3 is 2.68 bits per heavy atom. The van der Waals surface area contributed by atoms with Gasteiger partial charge in [-0.25, -0.2) is 4.79 Å². The fourth-order valence-corrected chi connectivity index (χ4v) is 5.05. The van der Waals surface area contributed by atoms with Gasteiger partial charge in [-0.1, -0.05) is 6.07 Å². The lowest BCUT2D eigenvalue weighted by Crippen LogP contribution is -2.51. The number of hydrogen-bond acceptors (Lipinski definition) is 6. The maximum absolute atomic E-state index is 12.4. The second-order valence-corrected chi connectivity index (χ2v) is 8.37. The summed E-state index contributed by atoms with van der Waals surface area (Å²) >= 11 is 3.27. The highest BCUT2D eigenvalue weighted by Gasteiger charge is 2.27. The second-order valence-electron chi connectivity index (χ2n) is 6.61. The smallest absolute Gasteiger partial charge is 0.317 e. The van der Waals surface area contributed by atoms with E-state index in [9.17, 15) is 4.79 Å². The molecule has 0 radical (unpaired) electrons. The first-order valence-electron chi connectivity index (χ1n) is 8.85. The molecule has 2 aliphatic heterocycles. The number of amides is 2. The summed E-state index contributed by atoms with van der Waals surface area (Å²) in [7, 11) is 0. The van der Waals surface area contributed by atoms with Crippen molar-refractivity contribution in [1.29, 1.82) is 0 Å². The average molecular weight is 378 g/mol.